The maximum absolute atomic E-state index is 12.1. The van der Waals surface area contributed by atoms with Crippen LogP contribution in [0.4, 0.5) is 0 Å². The highest BCUT2D eigenvalue weighted by Gasteiger charge is 2.42. The standard InChI is InChI=1S/C14H27NO4/c1-12-6-3-4-7-14(12,15)13(16)19-9-5-8-18-11-10-17-2/h12H,3-11,15H2,1-2H3. The lowest BCUT2D eigenvalue weighted by Crippen LogP contribution is -2.55. The third-order valence-electron chi connectivity index (χ3n) is 3.83. The van der Waals surface area contributed by atoms with E-state index in [4.69, 9.17) is 19.9 Å². The van der Waals surface area contributed by atoms with Gasteiger partial charge in [0.1, 0.15) is 5.54 Å². The summed E-state index contributed by atoms with van der Waals surface area (Å²) in [4.78, 5) is 12.1. The van der Waals surface area contributed by atoms with E-state index in [9.17, 15) is 4.79 Å². The van der Waals surface area contributed by atoms with Gasteiger partial charge < -0.3 is 19.9 Å². The molecular formula is C14H27NO4. The first-order valence-electron chi connectivity index (χ1n) is 7.14. The molecule has 2 atom stereocenters. The molecule has 0 aromatic heterocycles. The second kappa shape index (κ2) is 8.51. The SMILES string of the molecule is COCCOCCCOC(=O)C1(N)CCCCC1C. The molecule has 0 spiro atoms. The second-order valence-corrected chi connectivity index (χ2v) is 5.28. The quantitative estimate of drug-likeness (QED) is 0.536. The Bertz CT molecular complexity index is 272. The predicted molar refractivity (Wildman–Crippen MR) is 72.8 cm³/mol. The van der Waals surface area contributed by atoms with Gasteiger partial charge in [-0.2, -0.15) is 0 Å². The lowest BCUT2D eigenvalue weighted by atomic mass is 9.74. The van der Waals surface area contributed by atoms with Gasteiger partial charge in [0, 0.05) is 20.1 Å². The summed E-state index contributed by atoms with van der Waals surface area (Å²) >= 11 is 0. The van der Waals surface area contributed by atoms with Gasteiger partial charge in [0.05, 0.1) is 19.8 Å². The predicted octanol–water partition coefficient (Wildman–Crippen LogP) is 1.49. The van der Waals surface area contributed by atoms with Gasteiger partial charge in [-0.05, 0) is 18.8 Å². The molecule has 0 aromatic carbocycles. The molecule has 0 saturated heterocycles. The molecule has 2 unspecified atom stereocenters. The van der Waals surface area contributed by atoms with Crippen LogP contribution in [-0.2, 0) is 19.0 Å². The van der Waals surface area contributed by atoms with Crippen molar-refractivity contribution >= 4 is 5.97 Å². The zero-order valence-electron chi connectivity index (χ0n) is 12.2. The molecule has 0 bridgehead atoms. The highest BCUT2D eigenvalue weighted by molar-refractivity contribution is 5.81. The lowest BCUT2D eigenvalue weighted by Gasteiger charge is -2.36. The van der Waals surface area contributed by atoms with E-state index in [0.29, 0.717) is 32.8 Å². The van der Waals surface area contributed by atoms with Gasteiger partial charge in [0.2, 0.25) is 0 Å². The average molecular weight is 273 g/mol. The minimum Gasteiger partial charge on any atom is -0.464 e. The van der Waals surface area contributed by atoms with Crippen molar-refractivity contribution in [2.75, 3.05) is 33.5 Å². The number of hydrogen-bond donors (Lipinski definition) is 1. The van der Waals surface area contributed by atoms with Gasteiger partial charge >= 0.3 is 5.97 Å². The fourth-order valence-electron chi connectivity index (χ4n) is 2.38. The molecule has 19 heavy (non-hydrogen) atoms. The molecule has 5 nitrogen and oxygen atoms in total. The van der Waals surface area contributed by atoms with Crippen molar-refractivity contribution in [3.63, 3.8) is 0 Å². The molecule has 2 N–H and O–H groups in total. The normalized spacial score (nSPS) is 27.2. The minimum absolute atomic E-state index is 0.201. The van der Waals surface area contributed by atoms with Crippen molar-refractivity contribution in [3.8, 4) is 0 Å². The Morgan fingerprint density at radius 2 is 2.05 bits per heavy atom. The smallest absolute Gasteiger partial charge is 0.326 e. The number of carbonyl (C=O) groups excluding carboxylic acids is 1. The Morgan fingerprint density at radius 1 is 1.26 bits per heavy atom. The topological polar surface area (TPSA) is 70.8 Å². The largest absolute Gasteiger partial charge is 0.464 e. The van der Waals surface area contributed by atoms with Crippen LogP contribution in [0.1, 0.15) is 39.0 Å². The fraction of sp³-hybridized carbons (Fsp3) is 0.929. The van der Waals surface area contributed by atoms with Crippen molar-refractivity contribution < 1.29 is 19.0 Å². The number of carbonyl (C=O) groups is 1. The van der Waals surface area contributed by atoms with Crippen LogP contribution in [0.15, 0.2) is 0 Å². The average Bonchev–Trinajstić information content (AvgIpc) is 2.41. The number of ether oxygens (including phenoxy) is 3. The van der Waals surface area contributed by atoms with Gasteiger partial charge in [-0.15, -0.1) is 0 Å². The first-order chi connectivity index (χ1) is 9.11. The van der Waals surface area contributed by atoms with E-state index in [1.54, 1.807) is 7.11 Å². The Labute approximate surface area is 115 Å². The number of esters is 1. The highest BCUT2D eigenvalue weighted by Crippen LogP contribution is 2.32. The maximum atomic E-state index is 12.1. The van der Waals surface area contributed by atoms with Crippen LogP contribution >= 0.6 is 0 Å². The Hall–Kier alpha value is -0.650. The fourth-order valence-corrected chi connectivity index (χ4v) is 2.38. The van der Waals surface area contributed by atoms with Crippen LogP contribution in [0.25, 0.3) is 0 Å². The number of methoxy groups -OCH3 is 1. The van der Waals surface area contributed by atoms with E-state index in [2.05, 4.69) is 0 Å². The molecule has 5 heteroatoms. The molecule has 0 amide bonds. The molecule has 0 heterocycles. The Balaban J connectivity index is 2.16. The molecule has 1 rings (SSSR count). The summed E-state index contributed by atoms with van der Waals surface area (Å²) in [5, 5.41) is 0. The molecule has 1 saturated carbocycles. The summed E-state index contributed by atoms with van der Waals surface area (Å²) in [5.74, 6) is -0.0525. The van der Waals surface area contributed by atoms with E-state index in [1.165, 1.54) is 0 Å². The molecule has 1 aliphatic carbocycles. The summed E-state index contributed by atoms with van der Waals surface area (Å²) in [7, 11) is 1.64. The third kappa shape index (κ3) is 5.09. The molecule has 0 radical (unpaired) electrons. The van der Waals surface area contributed by atoms with E-state index in [-0.39, 0.29) is 11.9 Å². The summed E-state index contributed by atoms with van der Waals surface area (Å²) in [5.41, 5.74) is 5.42. The van der Waals surface area contributed by atoms with Gasteiger partial charge in [-0.25, -0.2) is 0 Å². The monoisotopic (exact) mass is 273 g/mol. The van der Waals surface area contributed by atoms with Gasteiger partial charge in [0.25, 0.3) is 0 Å². The zero-order chi connectivity index (χ0) is 14.1. The third-order valence-corrected chi connectivity index (χ3v) is 3.83. The second-order valence-electron chi connectivity index (χ2n) is 5.28. The van der Waals surface area contributed by atoms with Crippen LogP contribution in [0, 0.1) is 5.92 Å². The summed E-state index contributed by atoms with van der Waals surface area (Å²) in [6.07, 6.45) is 4.60. The number of nitrogens with two attached hydrogens (primary N) is 1. The van der Waals surface area contributed by atoms with Crippen LogP contribution in [0.3, 0.4) is 0 Å². The lowest BCUT2D eigenvalue weighted by molar-refractivity contribution is -0.154. The van der Waals surface area contributed by atoms with Crippen molar-refractivity contribution in [1.29, 1.82) is 0 Å². The van der Waals surface area contributed by atoms with Gasteiger partial charge in [-0.3, -0.25) is 4.79 Å². The zero-order valence-corrected chi connectivity index (χ0v) is 12.2. The molecule has 1 aliphatic rings. The first-order valence-corrected chi connectivity index (χ1v) is 7.14. The van der Waals surface area contributed by atoms with E-state index < -0.39 is 5.54 Å². The van der Waals surface area contributed by atoms with Crippen LogP contribution in [0.5, 0.6) is 0 Å². The summed E-state index contributed by atoms with van der Waals surface area (Å²) < 4.78 is 15.5. The highest BCUT2D eigenvalue weighted by atomic mass is 16.5. The Morgan fingerprint density at radius 3 is 2.74 bits per heavy atom. The van der Waals surface area contributed by atoms with Crippen LogP contribution in [0.2, 0.25) is 0 Å². The van der Waals surface area contributed by atoms with Crippen molar-refractivity contribution in [2.24, 2.45) is 11.7 Å². The van der Waals surface area contributed by atoms with Crippen molar-refractivity contribution in [3.05, 3.63) is 0 Å². The molecular weight excluding hydrogens is 246 g/mol. The van der Waals surface area contributed by atoms with Crippen molar-refractivity contribution in [2.45, 2.75) is 44.6 Å². The summed E-state index contributed by atoms with van der Waals surface area (Å²) in [6.45, 7) is 4.14. The van der Waals surface area contributed by atoms with Crippen molar-refractivity contribution in [1.82, 2.24) is 0 Å². The number of rotatable bonds is 8. The first kappa shape index (κ1) is 16.4. The maximum Gasteiger partial charge on any atom is 0.326 e. The van der Waals surface area contributed by atoms with Gasteiger partial charge in [-0.1, -0.05) is 19.8 Å². The minimum atomic E-state index is -0.783. The van der Waals surface area contributed by atoms with Crippen LogP contribution < -0.4 is 5.73 Å². The Kier molecular flexibility index (Phi) is 7.34. The van der Waals surface area contributed by atoms with E-state index >= 15 is 0 Å². The molecule has 112 valence electrons. The summed E-state index contributed by atoms with van der Waals surface area (Å²) in [6, 6.07) is 0. The van der Waals surface area contributed by atoms with E-state index in [1.807, 2.05) is 6.92 Å². The molecule has 0 aliphatic heterocycles. The van der Waals surface area contributed by atoms with Gasteiger partial charge in [0.15, 0.2) is 0 Å². The molecule has 0 aromatic rings. The molecule has 1 fully saturated rings. The van der Waals surface area contributed by atoms with Crippen LogP contribution in [-0.4, -0.2) is 45.0 Å². The van der Waals surface area contributed by atoms with E-state index in [0.717, 1.165) is 25.7 Å². The number of hydrogen-bond acceptors (Lipinski definition) is 5.